The molecule has 0 fully saturated rings. The third-order valence-corrected chi connectivity index (χ3v) is 9.05. The molecule has 2 heterocycles. The van der Waals surface area contributed by atoms with Gasteiger partial charge in [-0.05, 0) is 106 Å². The van der Waals surface area contributed by atoms with Crippen LogP contribution in [0.25, 0.3) is 55.3 Å². The van der Waals surface area contributed by atoms with Crippen molar-refractivity contribution in [2.75, 3.05) is 0 Å². The number of ketones is 2. The van der Waals surface area contributed by atoms with E-state index in [-0.39, 0.29) is 79.0 Å². The van der Waals surface area contributed by atoms with Gasteiger partial charge in [0.1, 0.15) is 11.2 Å². The van der Waals surface area contributed by atoms with Crippen LogP contribution < -0.4 is 0 Å². The Morgan fingerprint density at radius 3 is 1.00 bits per heavy atom. The van der Waals surface area contributed by atoms with Crippen LogP contribution in [0.15, 0.2) is 93.8 Å². The zero-order valence-corrected chi connectivity index (χ0v) is 26.3. The molecular formula is C38H14F12O4. The van der Waals surface area contributed by atoms with Gasteiger partial charge in [-0.15, -0.1) is 0 Å². The second-order valence-corrected chi connectivity index (χ2v) is 12.5. The summed E-state index contributed by atoms with van der Waals surface area (Å²) in [5.41, 5.74) is -7.03. The van der Waals surface area contributed by atoms with Gasteiger partial charge in [-0.3, -0.25) is 9.59 Å². The monoisotopic (exact) mass is 762 g/mol. The second kappa shape index (κ2) is 11.2. The van der Waals surface area contributed by atoms with Gasteiger partial charge >= 0.3 is 24.7 Å². The molecule has 54 heavy (non-hydrogen) atoms. The van der Waals surface area contributed by atoms with Gasteiger partial charge in [-0.25, -0.2) is 0 Å². The number of hydrogen-bond donors (Lipinski definition) is 0. The molecule has 0 unspecified atom stereocenters. The van der Waals surface area contributed by atoms with E-state index in [0.29, 0.717) is 24.3 Å². The van der Waals surface area contributed by atoms with Crippen LogP contribution in [-0.4, -0.2) is 11.6 Å². The predicted octanol–water partition coefficient (Wildman–Crippen LogP) is 12.4. The number of furan rings is 2. The number of rotatable bonds is 2. The summed E-state index contributed by atoms with van der Waals surface area (Å²) in [6.45, 7) is 0. The molecule has 4 aromatic carbocycles. The Morgan fingerprint density at radius 1 is 0.389 bits per heavy atom. The van der Waals surface area contributed by atoms with Gasteiger partial charge in [-0.2, -0.15) is 52.7 Å². The molecule has 8 rings (SSSR count). The van der Waals surface area contributed by atoms with E-state index in [1.807, 2.05) is 0 Å². The largest absolute Gasteiger partial charge is 0.452 e. The Bertz CT molecular complexity index is 2440. The Morgan fingerprint density at radius 2 is 0.704 bits per heavy atom. The lowest BCUT2D eigenvalue weighted by molar-refractivity contribution is -0.144. The molecule has 16 heteroatoms. The maximum atomic E-state index is 13.5. The molecule has 0 aliphatic heterocycles. The highest BCUT2D eigenvalue weighted by Crippen LogP contribution is 2.50. The summed E-state index contributed by atoms with van der Waals surface area (Å²) in [5, 5.41) is 0.358. The zero-order valence-electron chi connectivity index (χ0n) is 26.3. The molecule has 4 nitrogen and oxygen atoms in total. The zero-order chi connectivity index (χ0) is 38.9. The molecule has 0 atom stereocenters. The maximum Gasteiger partial charge on any atom is 0.416 e. The lowest BCUT2D eigenvalue weighted by atomic mass is 9.80. The fraction of sp³-hybridized carbons (Fsp3) is 0.105. The first-order chi connectivity index (χ1) is 25.1. The van der Waals surface area contributed by atoms with Crippen molar-refractivity contribution in [1.82, 2.24) is 0 Å². The topological polar surface area (TPSA) is 60.4 Å². The van der Waals surface area contributed by atoms with E-state index in [4.69, 9.17) is 8.83 Å². The van der Waals surface area contributed by atoms with Crippen LogP contribution in [0.2, 0.25) is 0 Å². The number of halogens is 12. The summed E-state index contributed by atoms with van der Waals surface area (Å²) in [5.74, 6) is -2.03. The molecule has 0 saturated heterocycles. The number of hydrogen-bond acceptors (Lipinski definition) is 4. The second-order valence-electron chi connectivity index (χ2n) is 12.5. The highest BCUT2D eigenvalue weighted by atomic mass is 19.4. The first-order valence-corrected chi connectivity index (χ1v) is 15.3. The average Bonchev–Trinajstić information content (AvgIpc) is 3.67. The van der Waals surface area contributed by atoms with E-state index in [1.165, 1.54) is 24.3 Å². The van der Waals surface area contributed by atoms with E-state index in [2.05, 4.69) is 0 Å². The van der Waals surface area contributed by atoms with Crippen LogP contribution in [0.1, 0.15) is 54.5 Å². The molecule has 2 aliphatic rings. The van der Waals surface area contributed by atoms with Crippen LogP contribution in [-0.2, 0) is 24.7 Å². The Balaban J connectivity index is 1.22. The van der Waals surface area contributed by atoms with Crippen molar-refractivity contribution in [3.63, 3.8) is 0 Å². The summed E-state index contributed by atoms with van der Waals surface area (Å²) in [4.78, 5) is 26.9. The van der Waals surface area contributed by atoms with Crippen LogP contribution in [0.3, 0.4) is 0 Å². The normalized spacial score (nSPS) is 15.0. The van der Waals surface area contributed by atoms with Crippen molar-refractivity contribution in [1.29, 1.82) is 0 Å². The minimum Gasteiger partial charge on any atom is -0.452 e. The third-order valence-electron chi connectivity index (χ3n) is 9.05. The van der Waals surface area contributed by atoms with Crippen molar-refractivity contribution in [2.24, 2.45) is 0 Å². The lowest BCUT2D eigenvalue weighted by Gasteiger charge is -2.20. The molecule has 0 N–H and O–H groups in total. The molecule has 0 spiro atoms. The number of alkyl halides is 12. The van der Waals surface area contributed by atoms with Gasteiger partial charge in [0.2, 0.25) is 11.6 Å². The number of carbonyl (C=O) groups excluding carboxylic acids is 2. The fourth-order valence-corrected chi connectivity index (χ4v) is 6.64. The summed E-state index contributed by atoms with van der Waals surface area (Å²) >= 11 is 0. The van der Waals surface area contributed by atoms with E-state index in [9.17, 15) is 62.3 Å². The first-order valence-electron chi connectivity index (χ1n) is 15.3. The Hall–Kier alpha value is -6.06. The molecule has 0 amide bonds. The summed E-state index contributed by atoms with van der Waals surface area (Å²) in [6.07, 6.45) is -18.2. The smallest absolute Gasteiger partial charge is 0.416 e. The van der Waals surface area contributed by atoms with Gasteiger partial charge in [0.15, 0.2) is 11.5 Å². The highest BCUT2D eigenvalue weighted by Gasteiger charge is 2.40. The summed E-state index contributed by atoms with van der Waals surface area (Å²) in [7, 11) is 0. The third kappa shape index (κ3) is 5.67. The van der Waals surface area contributed by atoms with Crippen LogP contribution in [0, 0.1) is 0 Å². The number of carbonyl (C=O) groups is 2. The van der Waals surface area contributed by atoms with Gasteiger partial charge in [0.05, 0.1) is 22.3 Å². The fourth-order valence-electron chi connectivity index (χ4n) is 6.64. The maximum absolute atomic E-state index is 13.5. The standard InChI is InChI=1S/C38H14F12O4/c39-35(40,41)19-5-17(6-20(11-19)36(42,43)44)15-1-3-23-29(9-15)53-33-27(51)14-26-25(31(23)33)13-28(52)34-32(26)24-4-2-16(10-30(24)54-34)18-7-21(37(45,46)47)12-22(8-18)38(48,49)50/h1-14H. The molecule has 0 radical (unpaired) electrons. The highest BCUT2D eigenvalue weighted by molar-refractivity contribution is 6.34. The Kier molecular flexibility index (Phi) is 7.28. The summed E-state index contributed by atoms with van der Waals surface area (Å²) in [6, 6.07) is 9.46. The quantitative estimate of drug-likeness (QED) is 0.165. The Labute approximate surface area is 292 Å². The molecule has 6 aromatic rings. The van der Waals surface area contributed by atoms with Crippen LogP contribution in [0.5, 0.6) is 0 Å². The van der Waals surface area contributed by atoms with Crippen molar-refractivity contribution < 1.29 is 71.1 Å². The molecule has 2 aromatic heterocycles. The number of allylic oxidation sites excluding steroid dienone is 4. The number of fused-ring (bicyclic) bond motifs is 9. The molecule has 0 bridgehead atoms. The molecule has 274 valence electrons. The molecule has 2 aliphatic carbocycles. The molecular weight excluding hydrogens is 748 g/mol. The SMILES string of the molecule is O=C1C=C2C(=CC(=O)c3oc4cc(-c5cc(C(F)(F)F)cc(C(F)(F)F)c5)ccc4c32)c2c1oc1cc(-c3cc(C(F)(F)F)cc(C(F)(F)F)c3)ccc21. The van der Waals surface area contributed by atoms with Gasteiger partial charge in [0, 0.05) is 21.9 Å². The first kappa shape index (κ1) is 35.0. The summed E-state index contributed by atoms with van der Waals surface area (Å²) < 4.78 is 174. The van der Waals surface area contributed by atoms with Gasteiger partial charge in [0.25, 0.3) is 0 Å². The van der Waals surface area contributed by atoms with Gasteiger partial charge < -0.3 is 8.83 Å². The van der Waals surface area contributed by atoms with Crippen molar-refractivity contribution in [2.45, 2.75) is 24.7 Å². The van der Waals surface area contributed by atoms with E-state index < -0.39 is 69.7 Å². The molecule has 0 saturated carbocycles. The minimum absolute atomic E-state index is 0.0181. The van der Waals surface area contributed by atoms with Crippen LogP contribution >= 0.6 is 0 Å². The van der Waals surface area contributed by atoms with E-state index in [0.717, 1.165) is 24.3 Å². The lowest BCUT2D eigenvalue weighted by Crippen LogP contribution is -2.13. The van der Waals surface area contributed by atoms with Crippen molar-refractivity contribution in [3.05, 3.63) is 130 Å². The number of benzene rings is 4. The van der Waals surface area contributed by atoms with E-state index >= 15 is 0 Å². The van der Waals surface area contributed by atoms with Crippen LogP contribution in [0.4, 0.5) is 52.7 Å². The average molecular weight is 763 g/mol. The van der Waals surface area contributed by atoms with E-state index in [1.54, 1.807) is 0 Å². The predicted molar refractivity (Wildman–Crippen MR) is 168 cm³/mol. The van der Waals surface area contributed by atoms with Crippen molar-refractivity contribution in [3.8, 4) is 22.3 Å². The van der Waals surface area contributed by atoms with Crippen molar-refractivity contribution >= 4 is 44.7 Å². The minimum atomic E-state index is -5.11. The van der Waals surface area contributed by atoms with Gasteiger partial charge in [-0.1, -0.05) is 12.1 Å².